The fraction of sp³-hybridized carbons (Fsp3) is 0.444. The Morgan fingerprint density at radius 2 is 1.91 bits per heavy atom. The Morgan fingerprint density at radius 1 is 1.09 bits per heavy atom. The van der Waals surface area contributed by atoms with Crippen LogP contribution in [0.15, 0.2) is 42.5 Å². The van der Waals surface area contributed by atoms with E-state index in [4.69, 9.17) is 4.74 Å². The molecule has 2 aromatic heterocycles. The smallest absolute Gasteiger partial charge is 0.222 e. The Labute approximate surface area is 205 Å². The number of carbonyl (C=O) groups excluding carboxylic acids is 1. The van der Waals surface area contributed by atoms with Gasteiger partial charge in [0.2, 0.25) is 5.91 Å². The van der Waals surface area contributed by atoms with E-state index in [1.54, 1.807) is 7.11 Å². The molecule has 1 aliphatic rings. The number of amides is 1. The average Bonchev–Trinajstić information content (AvgIpc) is 3.36. The van der Waals surface area contributed by atoms with E-state index >= 15 is 0 Å². The molecule has 8 nitrogen and oxygen atoms in total. The molecule has 3 heterocycles. The van der Waals surface area contributed by atoms with Gasteiger partial charge in [0.25, 0.3) is 0 Å². The molecule has 0 aliphatic carbocycles. The van der Waals surface area contributed by atoms with Crippen molar-refractivity contribution in [3.05, 3.63) is 59.7 Å². The first kappa shape index (κ1) is 23.5. The lowest BCUT2D eigenvalue weighted by Crippen LogP contribution is -2.30. The first-order valence-electron chi connectivity index (χ1n) is 12.5. The lowest BCUT2D eigenvalue weighted by atomic mass is 10.1. The summed E-state index contributed by atoms with van der Waals surface area (Å²) < 4.78 is 9.58. The summed E-state index contributed by atoms with van der Waals surface area (Å²) in [5.41, 5.74) is 3.92. The monoisotopic (exact) mass is 474 g/mol. The van der Waals surface area contributed by atoms with Gasteiger partial charge >= 0.3 is 0 Å². The van der Waals surface area contributed by atoms with Crippen molar-refractivity contribution in [1.29, 1.82) is 0 Å². The van der Waals surface area contributed by atoms with Gasteiger partial charge in [-0.2, -0.15) is 0 Å². The fourth-order valence-electron chi connectivity index (χ4n) is 5.24. The second-order valence-electron chi connectivity index (χ2n) is 9.30. The summed E-state index contributed by atoms with van der Waals surface area (Å²) in [5, 5.41) is 14.5. The third kappa shape index (κ3) is 4.68. The van der Waals surface area contributed by atoms with Crippen LogP contribution in [-0.4, -0.2) is 56.9 Å². The van der Waals surface area contributed by atoms with E-state index in [0.717, 1.165) is 50.8 Å². The molecule has 1 amide bonds. The number of fused-ring (bicyclic) bond motifs is 4. The predicted molar refractivity (Wildman–Crippen MR) is 137 cm³/mol. The molecule has 5 rings (SSSR count). The average molecular weight is 475 g/mol. The number of hydrogen-bond acceptors (Lipinski definition) is 5. The number of para-hydroxylation sites is 1. The maximum atomic E-state index is 12.1. The van der Waals surface area contributed by atoms with Crippen molar-refractivity contribution in [3.63, 3.8) is 0 Å². The number of ether oxygens (including phenoxy) is 1. The summed E-state index contributed by atoms with van der Waals surface area (Å²) in [6.07, 6.45) is 1.19. The van der Waals surface area contributed by atoms with Gasteiger partial charge in [0.15, 0.2) is 5.82 Å². The Hall–Kier alpha value is -3.23. The quantitative estimate of drug-likeness (QED) is 0.422. The summed E-state index contributed by atoms with van der Waals surface area (Å²) in [7, 11) is 1.60. The van der Waals surface area contributed by atoms with Crippen LogP contribution in [0.25, 0.3) is 21.8 Å². The van der Waals surface area contributed by atoms with E-state index in [-0.39, 0.29) is 11.9 Å². The topological polar surface area (TPSA) is 77.2 Å². The number of hydrogen-bond donors (Lipinski definition) is 1. The summed E-state index contributed by atoms with van der Waals surface area (Å²) in [5.74, 6) is 1.77. The van der Waals surface area contributed by atoms with Gasteiger partial charge in [0.05, 0.1) is 12.6 Å². The largest absolute Gasteiger partial charge is 0.384 e. The molecular formula is C27H34N6O2. The van der Waals surface area contributed by atoms with Gasteiger partial charge in [-0.3, -0.25) is 9.69 Å². The van der Waals surface area contributed by atoms with Gasteiger partial charge in [0, 0.05) is 74.5 Å². The van der Waals surface area contributed by atoms with Crippen LogP contribution < -0.4 is 5.32 Å². The third-order valence-electron chi connectivity index (χ3n) is 7.00. The Kier molecular flexibility index (Phi) is 6.83. The van der Waals surface area contributed by atoms with Crippen molar-refractivity contribution >= 4 is 27.7 Å². The second kappa shape index (κ2) is 10.2. The molecule has 184 valence electrons. The van der Waals surface area contributed by atoms with Gasteiger partial charge < -0.3 is 19.2 Å². The van der Waals surface area contributed by atoms with Gasteiger partial charge in [-0.1, -0.05) is 24.3 Å². The molecule has 2 aromatic carbocycles. The van der Waals surface area contributed by atoms with Crippen LogP contribution >= 0.6 is 0 Å². The third-order valence-corrected chi connectivity index (χ3v) is 7.00. The highest BCUT2D eigenvalue weighted by atomic mass is 16.5. The zero-order valence-corrected chi connectivity index (χ0v) is 20.8. The molecular weight excluding hydrogens is 440 g/mol. The van der Waals surface area contributed by atoms with E-state index in [2.05, 4.69) is 78.9 Å². The number of nitrogens with zero attached hydrogens (tertiary/aromatic N) is 5. The molecule has 0 saturated heterocycles. The highest BCUT2D eigenvalue weighted by Crippen LogP contribution is 2.30. The number of rotatable bonds is 8. The first-order chi connectivity index (χ1) is 17.1. The van der Waals surface area contributed by atoms with Crippen LogP contribution in [-0.2, 0) is 35.6 Å². The number of benzene rings is 2. The molecule has 1 aliphatic heterocycles. The maximum absolute atomic E-state index is 12.1. The fourth-order valence-corrected chi connectivity index (χ4v) is 5.24. The van der Waals surface area contributed by atoms with Crippen molar-refractivity contribution in [1.82, 2.24) is 29.5 Å². The molecule has 1 N–H and O–H groups in total. The number of carbonyl (C=O) groups is 1. The number of methoxy groups -OCH3 is 1. The van der Waals surface area contributed by atoms with Gasteiger partial charge in [0.1, 0.15) is 5.82 Å². The van der Waals surface area contributed by atoms with Gasteiger partial charge in [-0.05, 0) is 37.6 Å². The lowest BCUT2D eigenvalue weighted by molar-refractivity contribution is -0.122. The number of aromatic nitrogens is 4. The maximum Gasteiger partial charge on any atom is 0.222 e. The summed E-state index contributed by atoms with van der Waals surface area (Å²) in [4.78, 5) is 14.6. The molecule has 0 bridgehead atoms. The van der Waals surface area contributed by atoms with Crippen LogP contribution in [0.4, 0.5) is 0 Å². The molecule has 4 aromatic rings. The predicted octanol–water partition coefficient (Wildman–Crippen LogP) is 3.68. The van der Waals surface area contributed by atoms with E-state index in [9.17, 15) is 4.79 Å². The van der Waals surface area contributed by atoms with Crippen molar-refractivity contribution in [2.75, 3.05) is 26.8 Å². The number of aryl methyl sites for hydroxylation is 1. The zero-order valence-electron chi connectivity index (χ0n) is 20.8. The highest BCUT2D eigenvalue weighted by molar-refractivity contribution is 6.08. The summed E-state index contributed by atoms with van der Waals surface area (Å²) in [6, 6.07) is 15.4. The van der Waals surface area contributed by atoms with Crippen molar-refractivity contribution in [2.45, 2.75) is 52.4 Å². The van der Waals surface area contributed by atoms with Gasteiger partial charge in [-0.15, -0.1) is 10.2 Å². The van der Waals surface area contributed by atoms with Crippen molar-refractivity contribution in [3.8, 4) is 0 Å². The molecule has 1 atom stereocenters. The minimum absolute atomic E-state index is 0.0354. The molecule has 8 heteroatoms. The van der Waals surface area contributed by atoms with Crippen LogP contribution in [0.5, 0.6) is 0 Å². The molecule has 0 spiro atoms. The minimum atomic E-state index is -0.189. The summed E-state index contributed by atoms with van der Waals surface area (Å²) in [6.45, 7) is 9.10. The Morgan fingerprint density at radius 3 is 2.74 bits per heavy atom. The van der Waals surface area contributed by atoms with Crippen LogP contribution in [0.3, 0.4) is 0 Å². The standard InChI is InChI=1S/C27H34N6O2/c1-4-32-23-8-6-5-7-21(23)22-17-20(9-10-24(22)32)18-31-13-11-25-29-30-27(33(25)15-14-31)19(2)28-26(34)12-16-35-3/h5-10,17,19H,4,11-16,18H2,1-3H3,(H,28,34). The van der Waals surface area contributed by atoms with E-state index < -0.39 is 0 Å². The van der Waals surface area contributed by atoms with Gasteiger partial charge in [-0.25, -0.2) is 0 Å². The molecule has 1 unspecified atom stereocenters. The molecule has 0 saturated carbocycles. The Bertz CT molecular complexity index is 1340. The molecule has 0 radical (unpaired) electrons. The normalized spacial score (nSPS) is 15.3. The number of nitrogens with one attached hydrogen (secondary N) is 1. The lowest BCUT2D eigenvalue weighted by Gasteiger charge is -2.20. The SMILES string of the molecule is CCn1c2ccccc2c2cc(CN3CCc4nnc(C(C)NC(=O)CCOC)n4CC3)ccc21. The van der Waals surface area contributed by atoms with E-state index in [1.807, 2.05) is 6.92 Å². The van der Waals surface area contributed by atoms with Crippen molar-refractivity contribution < 1.29 is 9.53 Å². The molecule has 0 fully saturated rings. The van der Waals surface area contributed by atoms with Crippen LogP contribution in [0.2, 0.25) is 0 Å². The molecule has 35 heavy (non-hydrogen) atoms. The van der Waals surface area contributed by atoms with Crippen molar-refractivity contribution in [2.24, 2.45) is 0 Å². The van der Waals surface area contributed by atoms with E-state index in [1.165, 1.54) is 27.4 Å². The summed E-state index contributed by atoms with van der Waals surface area (Å²) >= 11 is 0. The van der Waals surface area contributed by atoms with E-state index in [0.29, 0.717) is 13.0 Å². The first-order valence-corrected chi connectivity index (χ1v) is 12.5. The Balaban J connectivity index is 1.30. The minimum Gasteiger partial charge on any atom is -0.384 e. The zero-order chi connectivity index (χ0) is 24.4. The second-order valence-corrected chi connectivity index (χ2v) is 9.30. The van der Waals surface area contributed by atoms with Crippen LogP contribution in [0, 0.1) is 0 Å². The van der Waals surface area contributed by atoms with Crippen LogP contribution in [0.1, 0.15) is 43.5 Å². The highest BCUT2D eigenvalue weighted by Gasteiger charge is 2.23.